The highest BCUT2D eigenvalue weighted by Crippen LogP contribution is 2.33. The van der Waals surface area contributed by atoms with E-state index in [1.165, 1.54) is 19.3 Å². The summed E-state index contributed by atoms with van der Waals surface area (Å²) in [7, 11) is 0. The number of halogens is 1. The second-order valence-corrected chi connectivity index (χ2v) is 6.81. The third kappa shape index (κ3) is 3.31. The Morgan fingerprint density at radius 2 is 2.09 bits per heavy atom. The van der Waals surface area contributed by atoms with E-state index in [-0.39, 0.29) is 17.7 Å². The van der Waals surface area contributed by atoms with Crippen molar-refractivity contribution in [2.24, 2.45) is 11.8 Å². The lowest BCUT2D eigenvalue weighted by Crippen LogP contribution is -2.31. The summed E-state index contributed by atoms with van der Waals surface area (Å²) >= 11 is 0. The van der Waals surface area contributed by atoms with E-state index in [0.717, 1.165) is 18.7 Å². The molecule has 0 spiro atoms. The summed E-state index contributed by atoms with van der Waals surface area (Å²) in [4.78, 5) is 18.7. The summed E-state index contributed by atoms with van der Waals surface area (Å²) in [6, 6.07) is 0. The number of rotatable bonds is 4. The van der Waals surface area contributed by atoms with Crippen LogP contribution in [0.5, 0.6) is 0 Å². The summed E-state index contributed by atoms with van der Waals surface area (Å²) in [6.45, 7) is 2.46. The van der Waals surface area contributed by atoms with Crippen molar-refractivity contribution in [3.05, 3.63) is 11.6 Å². The van der Waals surface area contributed by atoms with E-state index in [1.54, 1.807) is 0 Å². The average molecular weight is 308 g/mol. The van der Waals surface area contributed by atoms with Crippen LogP contribution in [0, 0.1) is 18.8 Å². The van der Waals surface area contributed by atoms with E-state index >= 15 is 0 Å². The highest BCUT2D eigenvalue weighted by atomic mass is 19.1. The second-order valence-electron chi connectivity index (χ2n) is 6.81. The van der Waals surface area contributed by atoms with Crippen molar-refractivity contribution in [3.63, 3.8) is 0 Å². The standard InChI is InChI=1S/C16H25FN4O/c1-11-18-16(20-19-11)14-10-21(9-13(14)8-17)15(22)7-12-5-3-2-4-6-12/h12-14H,2-10H2,1H3,(H,18,19,20)/t13-,14-/m1/s1. The highest BCUT2D eigenvalue weighted by molar-refractivity contribution is 5.77. The number of carbonyl (C=O) groups is 1. The first-order valence-corrected chi connectivity index (χ1v) is 8.40. The van der Waals surface area contributed by atoms with Crippen molar-refractivity contribution in [1.82, 2.24) is 20.1 Å². The van der Waals surface area contributed by atoms with Crippen LogP contribution in [-0.4, -0.2) is 45.8 Å². The van der Waals surface area contributed by atoms with Crippen molar-refractivity contribution >= 4 is 5.91 Å². The van der Waals surface area contributed by atoms with Gasteiger partial charge in [0.1, 0.15) is 5.82 Å². The zero-order valence-electron chi connectivity index (χ0n) is 13.2. The molecule has 22 heavy (non-hydrogen) atoms. The molecule has 0 aromatic carbocycles. The smallest absolute Gasteiger partial charge is 0.222 e. The first-order chi connectivity index (χ1) is 10.7. The largest absolute Gasteiger partial charge is 0.342 e. The minimum Gasteiger partial charge on any atom is -0.342 e. The Bertz CT molecular complexity index is 512. The van der Waals surface area contributed by atoms with Gasteiger partial charge in [-0.15, -0.1) is 0 Å². The molecular formula is C16H25FN4O. The van der Waals surface area contributed by atoms with Gasteiger partial charge in [0.2, 0.25) is 5.91 Å². The molecule has 2 heterocycles. The number of nitrogens with one attached hydrogen (secondary N) is 1. The molecule has 1 saturated carbocycles. The van der Waals surface area contributed by atoms with E-state index in [1.807, 2.05) is 11.8 Å². The molecule has 0 radical (unpaired) electrons. The average Bonchev–Trinajstić information content (AvgIpc) is 3.14. The van der Waals surface area contributed by atoms with Crippen LogP contribution in [0.2, 0.25) is 0 Å². The molecule has 3 rings (SSSR count). The van der Waals surface area contributed by atoms with E-state index in [9.17, 15) is 9.18 Å². The van der Waals surface area contributed by atoms with Crippen molar-refractivity contribution in [1.29, 1.82) is 0 Å². The summed E-state index contributed by atoms with van der Waals surface area (Å²) in [5, 5.41) is 6.98. The molecule has 6 heteroatoms. The SMILES string of the molecule is Cc1nc([C@@H]2CN(C(=O)CC3CCCCC3)C[C@H]2CF)n[nH]1. The highest BCUT2D eigenvalue weighted by Gasteiger charge is 2.38. The Labute approximate surface area is 130 Å². The Morgan fingerprint density at radius 1 is 1.32 bits per heavy atom. The van der Waals surface area contributed by atoms with Gasteiger partial charge in [-0.1, -0.05) is 19.3 Å². The van der Waals surface area contributed by atoms with Crippen molar-refractivity contribution in [2.75, 3.05) is 19.8 Å². The van der Waals surface area contributed by atoms with Crippen LogP contribution in [0.4, 0.5) is 4.39 Å². The molecule has 1 aromatic rings. The van der Waals surface area contributed by atoms with Gasteiger partial charge in [0, 0.05) is 31.3 Å². The van der Waals surface area contributed by atoms with Crippen molar-refractivity contribution in [3.8, 4) is 0 Å². The van der Waals surface area contributed by atoms with Gasteiger partial charge in [0.05, 0.1) is 6.67 Å². The fourth-order valence-electron chi connectivity index (χ4n) is 3.82. The Balaban J connectivity index is 1.61. The minimum atomic E-state index is -0.425. The van der Waals surface area contributed by atoms with Gasteiger partial charge in [0.25, 0.3) is 0 Å². The molecule has 2 atom stereocenters. The topological polar surface area (TPSA) is 61.9 Å². The van der Waals surface area contributed by atoms with Crippen LogP contribution < -0.4 is 0 Å². The van der Waals surface area contributed by atoms with Crippen LogP contribution in [-0.2, 0) is 4.79 Å². The number of amides is 1. The molecule has 2 fully saturated rings. The minimum absolute atomic E-state index is 0.0785. The van der Waals surface area contributed by atoms with Crippen LogP contribution in [0.25, 0.3) is 0 Å². The quantitative estimate of drug-likeness (QED) is 0.930. The Kier molecular flexibility index (Phi) is 4.74. The molecule has 122 valence electrons. The monoisotopic (exact) mass is 308 g/mol. The van der Waals surface area contributed by atoms with Gasteiger partial charge in [-0.25, -0.2) is 4.98 Å². The van der Waals surface area contributed by atoms with E-state index in [0.29, 0.717) is 31.3 Å². The maximum Gasteiger partial charge on any atom is 0.222 e. The lowest BCUT2D eigenvalue weighted by molar-refractivity contribution is -0.131. The van der Waals surface area contributed by atoms with Gasteiger partial charge in [-0.05, 0) is 25.7 Å². The summed E-state index contributed by atoms with van der Waals surface area (Å²) in [5.41, 5.74) is 0. The maximum absolute atomic E-state index is 13.3. The molecule has 0 unspecified atom stereocenters. The first-order valence-electron chi connectivity index (χ1n) is 8.40. The Morgan fingerprint density at radius 3 is 2.73 bits per heavy atom. The van der Waals surface area contributed by atoms with Gasteiger partial charge >= 0.3 is 0 Å². The third-order valence-corrected chi connectivity index (χ3v) is 5.13. The number of likely N-dealkylation sites (tertiary alicyclic amines) is 1. The number of H-pyrrole nitrogens is 1. The third-order valence-electron chi connectivity index (χ3n) is 5.13. The zero-order chi connectivity index (χ0) is 15.5. The first kappa shape index (κ1) is 15.4. The number of aromatic nitrogens is 3. The molecule has 1 aliphatic carbocycles. The predicted molar refractivity (Wildman–Crippen MR) is 81.1 cm³/mol. The van der Waals surface area contributed by atoms with E-state index < -0.39 is 6.67 Å². The van der Waals surface area contributed by atoms with Gasteiger partial charge < -0.3 is 4.90 Å². The fraction of sp³-hybridized carbons (Fsp3) is 0.812. The van der Waals surface area contributed by atoms with Crippen LogP contribution in [0.1, 0.15) is 56.1 Å². The molecule has 1 N–H and O–H groups in total. The number of hydrogen-bond acceptors (Lipinski definition) is 3. The molecule has 1 aromatic heterocycles. The molecule has 1 saturated heterocycles. The molecule has 1 amide bonds. The molecular weight excluding hydrogens is 283 g/mol. The number of carbonyl (C=O) groups excluding carboxylic acids is 1. The van der Waals surface area contributed by atoms with Crippen molar-refractivity contribution in [2.45, 2.75) is 51.4 Å². The maximum atomic E-state index is 13.3. The summed E-state index contributed by atoms with van der Waals surface area (Å²) in [6.07, 6.45) is 6.73. The fourth-order valence-corrected chi connectivity index (χ4v) is 3.82. The van der Waals surface area contributed by atoms with Crippen LogP contribution >= 0.6 is 0 Å². The normalized spacial score (nSPS) is 26.5. The predicted octanol–water partition coefficient (Wildman–Crippen LogP) is 2.60. The number of aromatic amines is 1. The van der Waals surface area contributed by atoms with Crippen LogP contribution in [0.3, 0.4) is 0 Å². The van der Waals surface area contributed by atoms with E-state index in [2.05, 4.69) is 15.2 Å². The van der Waals surface area contributed by atoms with E-state index in [4.69, 9.17) is 0 Å². The Hall–Kier alpha value is -1.46. The zero-order valence-corrected chi connectivity index (χ0v) is 13.2. The lowest BCUT2D eigenvalue weighted by Gasteiger charge is -2.24. The molecule has 1 aliphatic heterocycles. The van der Waals surface area contributed by atoms with Gasteiger partial charge in [0.15, 0.2) is 5.82 Å². The lowest BCUT2D eigenvalue weighted by atomic mass is 9.87. The summed E-state index contributed by atoms with van der Waals surface area (Å²) in [5.74, 6) is 1.83. The molecule has 5 nitrogen and oxygen atoms in total. The van der Waals surface area contributed by atoms with Crippen LogP contribution in [0.15, 0.2) is 0 Å². The summed E-state index contributed by atoms with van der Waals surface area (Å²) < 4.78 is 13.3. The number of nitrogens with zero attached hydrogens (tertiary/aromatic N) is 3. The second kappa shape index (κ2) is 6.75. The van der Waals surface area contributed by atoms with Gasteiger partial charge in [-0.2, -0.15) is 5.10 Å². The number of hydrogen-bond donors (Lipinski definition) is 1. The van der Waals surface area contributed by atoms with Gasteiger partial charge in [-0.3, -0.25) is 14.3 Å². The van der Waals surface area contributed by atoms with Crippen molar-refractivity contribution < 1.29 is 9.18 Å². The number of alkyl halides is 1. The molecule has 0 bridgehead atoms. The number of aryl methyl sites for hydroxylation is 1. The molecule has 2 aliphatic rings.